The number of aliphatic carboxylic acids is 1. The lowest BCUT2D eigenvalue weighted by Gasteiger charge is -2.20. The zero-order chi connectivity index (χ0) is 14.3. The Morgan fingerprint density at radius 2 is 2.40 bits per heavy atom. The fraction of sp³-hybridized carbons (Fsp3) is 0.429. The summed E-state index contributed by atoms with van der Waals surface area (Å²) in [5, 5.41) is 9.24. The number of likely N-dealkylation sites (tertiary alicyclic amines) is 1. The van der Waals surface area contributed by atoms with Crippen LogP contribution in [0.4, 0.5) is 0 Å². The minimum absolute atomic E-state index is 0.367. The number of aryl methyl sites for hydroxylation is 1. The van der Waals surface area contributed by atoms with Crippen molar-refractivity contribution in [3.8, 4) is 0 Å². The van der Waals surface area contributed by atoms with Crippen molar-refractivity contribution in [3.63, 3.8) is 0 Å². The first-order valence-electron chi connectivity index (χ1n) is 6.65. The number of imidazole rings is 1. The van der Waals surface area contributed by atoms with Gasteiger partial charge in [-0.25, -0.2) is 4.98 Å². The molecule has 0 bridgehead atoms. The molecule has 0 saturated carbocycles. The molecule has 0 aromatic carbocycles. The normalized spacial score (nSPS) is 19.8. The number of aromatic nitrogens is 2. The quantitative estimate of drug-likeness (QED) is 0.934. The first-order valence-corrected chi connectivity index (χ1v) is 7.44. The van der Waals surface area contributed by atoms with Crippen LogP contribution in [0, 0.1) is 6.92 Å². The first-order chi connectivity index (χ1) is 9.56. The molecular formula is C14H16BrN3O2. The summed E-state index contributed by atoms with van der Waals surface area (Å²) in [5.41, 5.74) is 3.05. The highest BCUT2D eigenvalue weighted by Crippen LogP contribution is 2.23. The number of nitrogens with zero attached hydrogens (tertiary/aromatic N) is 3. The first kappa shape index (κ1) is 13.6. The fourth-order valence-corrected chi connectivity index (χ4v) is 3.43. The Morgan fingerprint density at radius 1 is 1.60 bits per heavy atom. The van der Waals surface area contributed by atoms with Gasteiger partial charge in [0.05, 0.1) is 11.9 Å². The van der Waals surface area contributed by atoms with Crippen molar-refractivity contribution in [1.29, 1.82) is 0 Å². The van der Waals surface area contributed by atoms with Crippen LogP contribution in [0.25, 0.3) is 5.65 Å². The highest BCUT2D eigenvalue weighted by atomic mass is 79.9. The third-order valence-corrected chi connectivity index (χ3v) is 4.28. The van der Waals surface area contributed by atoms with Crippen molar-refractivity contribution >= 4 is 27.5 Å². The average Bonchev–Trinajstić information content (AvgIpc) is 2.97. The SMILES string of the molecule is Cc1cc(Br)cn2c(CN3CCCC3C(=O)O)cnc12. The van der Waals surface area contributed by atoms with Crippen LogP contribution in [-0.4, -0.2) is 37.9 Å². The Hall–Kier alpha value is -1.40. The second-order valence-electron chi connectivity index (χ2n) is 5.25. The molecule has 20 heavy (non-hydrogen) atoms. The molecule has 1 unspecified atom stereocenters. The minimum Gasteiger partial charge on any atom is -0.480 e. The van der Waals surface area contributed by atoms with Crippen LogP contribution < -0.4 is 0 Å². The molecule has 2 aromatic rings. The van der Waals surface area contributed by atoms with Crippen LogP contribution in [0.15, 0.2) is 22.9 Å². The molecule has 1 aliphatic rings. The van der Waals surface area contributed by atoms with E-state index in [9.17, 15) is 9.90 Å². The molecule has 0 radical (unpaired) electrons. The molecule has 3 rings (SSSR count). The average molecular weight is 338 g/mol. The molecule has 1 atom stereocenters. The van der Waals surface area contributed by atoms with E-state index >= 15 is 0 Å². The molecule has 6 heteroatoms. The highest BCUT2D eigenvalue weighted by Gasteiger charge is 2.30. The van der Waals surface area contributed by atoms with Gasteiger partial charge >= 0.3 is 5.97 Å². The number of fused-ring (bicyclic) bond motifs is 1. The van der Waals surface area contributed by atoms with Crippen LogP contribution in [0.2, 0.25) is 0 Å². The maximum Gasteiger partial charge on any atom is 0.320 e. The molecule has 3 heterocycles. The van der Waals surface area contributed by atoms with Gasteiger partial charge in [-0.05, 0) is 53.9 Å². The molecule has 1 saturated heterocycles. The maximum absolute atomic E-state index is 11.2. The Bertz CT molecular complexity index is 668. The molecule has 2 aromatic heterocycles. The van der Waals surface area contributed by atoms with Crippen molar-refractivity contribution in [2.45, 2.75) is 32.4 Å². The van der Waals surface area contributed by atoms with Gasteiger partial charge in [-0.2, -0.15) is 0 Å². The zero-order valence-corrected chi connectivity index (χ0v) is 12.8. The Labute approximate surface area is 125 Å². The van der Waals surface area contributed by atoms with E-state index in [1.165, 1.54) is 0 Å². The number of pyridine rings is 1. The number of halogens is 1. The molecule has 1 fully saturated rings. The molecule has 106 valence electrons. The Kier molecular flexibility index (Phi) is 3.52. The predicted molar refractivity (Wildman–Crippen MR) is 78.7 cm³/mol. The van der Waals surface area contributed by atoms with Crippen LogP contribution >= 0.6 is 15.9 Å². The summed E-state index contributed by atoms with van der Waals surface area (Å²) >= 11 is 3.49. The third-order valence-electron chi connectivity index (χ3n) is 3.85. The van der Waals surface area contributed by atoms with Gasteiger partial charge in [0, 0.05) is 17.2 Å². The number of hydrogen-bond donors (Lipinski definition) is 1. The van der Waals surface area contributed by atoms with Gasteiger partial charge in [0.15, 0.2) is 0 Å². The smallest absolute Gasteiger partial charge is 0.320 e. The molecule has 5 nitrogen and oxygen atoms in total. The number of hydrogen-bond acceptors (Lipinski definition) is 3. The molecular weight excluding hydrogens is 322 g/mol. The van der Waals surface area contributed by atoms with Crippen LogP contribution in [0.3, 0.4) is 0 Å². The van der Waals surface area contributed by atoms with E-state index < -0.39 is 5.97 Å². The van der Waals surface area contributed by atoms with E-state index in [4.69, 9.17) is 0 Å². The summed E-state index contributed by atoms with van der Waals surface area (Å²) < 4.78 is 3.04. The van der Waals surface area contributed by atoms with E-state index in [0.717, 1.165) is 40.8 Å². The summed E-state index contributed by atoms with van der Waals surface area (Å²) in [6.45, 7) is 3.47. The monoisotopic (exact) mass is 337 g/mol. The van der Waals surface area contributed by atoms with Gasteiger partial charge in [-0.1, -0.05) is 0 Å². The second kappa shape index (κ2) is 5.18. The summed E-state index contributed by atoms with van der Waals surface area (Å²) in [6.07, 6.45) is 5.49. The van der Waals surface area contributed by atoms with Gasteiger partial charge in [0.1, 0.15) is 11.7 Å². The minimum atomic E-state index is -0.728. The molecule has 1 aliphatic heterocycles. The van der Waals surface area contributed by atoms with Crippen molar-refractivity contribution in [2.24, 2.45) is 0 Å². The Morgan fingerprint density at radius 3 is 3.15 bits per heavy atom. The largest absolute Gasteiger partial charge is 0.480 e. The standard InChI is InChI=1S/C14H16BrN3O2/c1-9-5-10(15)7-18-11(6-16-13(9)18)8-17-4-2-3-12(17)14(19)20/h5-7,12H,2-4,8H2,1H3,(H,19,20). The molecule has 0 spiro atoms. The van der Waals surface area contributed by atoms with Gasteiger partial charge in [-0.15, -0.1) is 0 Å². The van der Waals surface area contributed by atoms with E-state index in [-0.39, 0.29) is 6.04 Å². The van der Waals surface area contributed by atoms with Crippen LogP contribution in [0.1, 0.15) is 24.1 Å². The molecule has 0 aliphatic carbocycles. The molecule has 0 amide bonds. The van der Waals surface area contributed by atoms with E-state index in [1.54, 1.807) is 0 Å². The predicted octanol–water partition coefficient (Wildman–Crippen LogP) is 2.45. The lowest BCUT2D eigenvalue weighted by molar-refractivity contribution is -0.142. The van der Waals surface area contributed by atoms with Gasteiger partial charge in [-0.3, -0.25) is 9.69 Å². The molecule has 1 N–H and O–H groups in total. The van der Waals surface area contributed by atoms with Gasteiger partial charge < -0.3 is 9.51 Å². The summed E-state index contributed by atoms with van der Waals surface area (Å²) in [7, 11) is 0. The summed E-state index contributed by atoms with van der Waals surface area (Å²) in [5.74, 6) is -0.728. The van der Waals surface area contributed by atoms with Crippen molar-refractivity contribution < 1.29 is 9.90 Å². The second-order valence-corrected chi connectivity index (χ2v) is 6.17. The summed E-state index contributed by atoms with van der Waals surface area (Å²) in [6, 6.07) is 1.66. The summed E-state index contributed by atoms with van der Waals surface area (Å²) in [4.78, 5) is 17.7. The van der Waals surface area contributed by atoms with Crippen molar-refractivity contribution in [2.75, 3.05) is 6.54 Å². The fourth-order valence-electron chi connectivity index (χ4n) is 2.88. The van der Waals surface area contributed by atoms with Gasteiger partial charge in [0.2, 0.25) is 0 Å². The highest BCUT2D eigenvalue weighted by molar-refractivity contribution is 9.10. The Balaban J connectivity index is 1.93. The lowest BCUT2D eigenvalue weighted by Crippen LogP contribution is -2.35. The van der Waals surface area contributed by atoms with E-state index in [2.05, 4.69) is 20.9 Å². The zero-order valence-electron chi connectivity index (χ0n) is 11.2. The third kappa shape index (κ3) is 2.33. The van der Waals surface area contributed by atoms with E-state index in [1.807, 2.05) is 34.7 Å². The van der Waals surface area contributed by atoms with E-state index in [0.29, 0.717) is 6.54 Å². The van der Waals surface area contributed by atoms with Gasteiger partial charge in [0.25, 0.3) is 0 Å². The van der Waals surface area contributed by atoms with Crippen LogP contribution in [0.5, 0.6) is 0 Å². The lowest BCUT2D eigenvalue weighted by atomic mass is 10.2. The number of carboxylic acid groups (broad SMARTS) is 1. The van der Waals surface area contributed by atoms with Crippen molar-refractivity contribution in [1.82, 2.24) is 14.3 Å². The maximum atomic E-state index is 11.2. The number of rotatable bonds is 3. The number of carboxylic acids is 1. The number of carbonyl (C=O) groups is 1. The van der Waals surface area contributed by atoms with Crippen LogP contribution in [-0.2, 0) is 11.3 Å². The topological polar surface area (TPSA) is 57.8 Å². The van der Waals surface area contributed by atoms with Crippen molar-refractivity contribution in [3.05, 3.63) is 34.2 Å².